The summed E-state index contributed by atoms with van der Waals surface area (Å²) < 4.78 is 6.94. The number of methoxy groups -OCH3 is 1. The zero-order valence-electron chi connectivity index (χ0n) is 14.4. The van der Waals surface area contributed by atoms with Crippen molar-refractivity contribution in [3.05, 3.63) is 70.5 Å². The van der Waals surface area contributed by atoms with Crippen LogP contribution in [0.2, 0.25) is 0 Å². The van der Waals surface area contributed by atoms with Gasteiger partial charge in [0.05, 0.1) is 18.4 Å². The van der Waals surface area contributed by atoms with Crippen LogP contribution >= 0.6 is 11.5 Å². The molecular formula is C19H17N5OS. The Morgan fingerprint density at radius 2 is 2.04 bits per heavy atom. The van der Waals surface area contributed by atoms with Gasteiger partial charge in [0.15, 0.2) is 0 Å². The van der Waals surface area contributed by atoms with Crippen LogP contribution in [0.4, 0.5) is 11.4 Å². The van der Waals surface area contributed by atoms with Crippen molar-refractivity contribution < 1.29 is 4.74 Å². The number of para-hydroxylation sites is 1. The number of aromatic nitrogens is 1. The Morgan fingerprint density at radius 1 is 1.23 bits per heavy atom. The first-order chi connectivity index (χ1) is 12.6. The fourth-order valence-corrected chi connectivity index (χ4v) is 3.14. The van der Waals surface area contributed by atoms with E-state index in [0.717, 1.165) is 10.6 Å². The first kappa shape index (κ1) is 17.5. The number of aliphatic imine (C=N–C) groups is 1. The molecule has 0 bridgehead atoms. The molecule has 0 amide bonds. The maximum Gasteiger partial charge on any atom is 0.223 e. The summed E-state index contributed by atoms with van der Waals surface area (Å²) in [6.07, 6.45) is 0. The Bertz CT molecular complexity index is 1060. The number of ether oxygens (including phenoxy) is 1. The van der Waals surface area contributed by atoms with Crippen LogP contribution in [0.15, 0.2) is 59.6 Å². The van der Waals surface area contributed by atoms with Crippen LogP contribution in [0, 0.1) is 23.7 Å². The van der Waals surface area contributed by atoms with Gasteiger partial charge in [-0.1, -0.05) is 29.7 Å². The molecule has 0 aliphatic carbocycles. The highest BCUT2D eigenvalue weighted by Crippen LogP contribution is 2.21. The lowest BCUT2D eigenvalue weighted by molar-refractivity contribution is 0.415. The molecule has 0 saturated carbocycles. The number of hydrogen-bond donors (Lipinski definition) is 2. The fourth-order valence-electron chi connectivity index (χ4n) is 2.36. The summed E-state index contributed by atoms with van der Waals surface area (Å²) in [5.41, 5.74) is 2.10. The van der Waals surface area contributed by atoms with Crippen molar-refractivity contribution in [2.24, 2.45) is 4.99 Å². The molecule has 3 aromatic rings. The van der Waals surface area contributed by atoms with Crippen LogP contribution in [0.25, 0.3) is 0 Å². The first-order valence-corrected chi connectivity index (χ1v) is 8.62. The number of anilines is 1. The molecule has 3 rings (SSSR count). The van der Waals surface area contributed by atoms with E-state index in [1.807, 2.05) is 37.3 Å². The average Bonchev–Trinajstić information content (AvgIpc) is 3.00. The second kappa shape index (κ2) is 7.68. The van der Waals surface area contributed by atoms with Crippen molar-refractivity contribution in [2.75, 3.05) is 12.4 Å². The smallest absolute Gasteiger partial charge is 0.223 e. The third-order valence-electron chi connectivity index (χ3n) is 3.56. The third-order valence-corrected chi connectivity index (χ3v) is 4.52. The molecule has 7 heteroatoms. The zero-order chi connectivity index (χ0) is 18.5. The van der Waals surface area contributed by atoms with Crippen LogP contribution in [-0.4, -0.2) is 17.0 Å². The van der Waals surface area contributed by atoms with Gasteiger partial charge in [0, 0.05) is 16.6 Å². The summed E-state index contributed by atoms with van der Waals surface area (Å²) in [5, 5.41) is 20.8. The molecule has 0 aliphatic heterocycles. The Kier molecular flexibility index (Phi) is 5.15. The Morgan fingerprint density at radius 3 is 2.73 bits per heavy atom. The van der Waals surface area contributed by atoms with E-state index in [2.05, 4.69) is 16.4 Å². The molecule has 2 N–H and O–H groups in total. The van der Waals surface area contributed by atoms with Crippen molar-refractivity contribution in [3.63, 3.8) is 0 Å². The summed E-state index contributed by atoms with van der Waals surface area (Å²) in [7, 11) is 1.61. The monoisotopic (exact) mass is 363 g/mol. The lowest BCUT2D eigenvalue weighted by Gasteiger charge is -2.12. The summed E-state index contributed by atoms with van der Waals surface area (Å²) in [5.74, 6) is 1.16. The molecule has 1 aromatic heterocycles. The van der Waals surface area contributed by atoms with E-state index in [1.165, 1.54) is 11.5 Å². The van der Waals surface area contributed by atoms with E-state index in [0.29, 0.717) is 28.4 Å². The van der Waals surface area contributed by atoms with Crippen LogP contribution < -0.4 is 15.5 Å². The molecule has 0 fully saturated rings. The Balaban J connectivity index is 2.10. The van der Waals surface area contributed by atoms with E-state index in [4.69, 9.17) is 10.1 Å². The van der Waals surface area contributed by atoms with Crippen LogP contribution in [0.1, 0.15) is 10.4 Å². The quantitative estimate of drug-likeness (QED) is 0.547. The number of nitrogens with one attached hydrogen (secondary N) is 2. The van der Waals surface area contributed by atoms with Gasteiger partial charge >= 0.3 is 0 Å². The third kappa shape index (κ3) is 3.82. The van der Waals surface area contributed by atoms with Gasteiger partial charge in [-0.2, -0.15) is 5.26 Å². The minimum absolute atomic E-state index is 0.316. The van der Waals surface area contributed by atoms with Gasteiger partial charge in [-0.25, -0.2) is 8.95 Å². The molecule has 1 heterocycles. The van der Waals surface area contributed by atoms with Crippen LogP contribution in [0.3, 0.4) is 0 Å². The number of nitriles is 1. The number of nitrogens with zero attached hydrogens (tertiary/aromatic N) is 3. The van der Waals surface area contributed by atoms with Gasteiger partial charge in [-0.3, -0.25) is 5.41 Å². The Labute approximate surface area is 155 Å². The summed E-state index contributed by atoms with van der Waals surface area (Å²) in [4.78, 5) is 5.61. The van der Waals surface area contributed by atoms with Crippen molar-refractivity contribution in [3.8, 4) is 11.8 Å². The number of rotatable bonds is 3. The predicted octanol–water partition coefficient (Wildman–Crippen LogP) is 3.87. The normalized spacial score (nSPS) is 11.0. The van der Waals surface area contributed by atoms with E-state index >= 15 is 0 Å². The molecular weight excluding hydrogens is 346 g/mol. The van der Waals surface area contributed by atoms with Gasteiger partial charge < -0.3 is 10.1 Å². The van der Waals surface area contributed by atoms with Crippen molar-refractivity contribution >= 4 is 28.9 Å². The number of hydrogen-bond acceptors (Lipinski definition) is 5. The fraction of sp³-hybridized carbons (Fsp3) is 0.105. The number of aryl methyl sites for hydroxylation is 1. The molecule has 0 atom stereocenters. The Hall–Kier alpha value is -3.37. The molecule has 0 saturated heterocycles. The lowest BCUT2D eigenvalue weighted by Crippen LogP contribution is -2.28. The minimum atomic E-state index is 0.316. The van der Waals surface area contributed by atoms with Crippen LogP contribution in [-0.2, 0) is 0 Å². The van der Waals surface area contributed by atoms with Crippen LogP contribution in [0.5, 0.6) is 5.75 Å². The maximum absolute atomic E-state index is 9.32. The minimum Gasteiger partial charge on any atom is -0.497 e. The summed E-state index contributed by atoms with van der Waals surface area (Å²) in [6.45, 7) is 1.94. The largest absolute Gasteiger partial charge is 0.497 e. The van der Waals surface area contributed by atoms with E-state index in [9.17, 15) is 5.26 Å². The highest BCUT2D eigenvalue weighted by molar-refractivity contribution is 7.07. The number of benzene rings is 2. The summed E-state index contributed by atoms with van der Waals surface area (Å²) in [6, 6.07) is 18.5. The molecule has 2 aromatic carbocycles. The highest BCUT2D eigenvalue weighted by Gasteiger charge is 2.10. The van der Waals surface area contributed by atoms with E-state index in [1.54, 1.807) is 35.3 Å². The molecule has 26 heavy (non-hydrogen) atoms. The van der Waals surface area contributed by atoms with Crippen molar-refractivity contribution in [2.45, 2.75) is 6.92 Å². The van der Waals surface area contributed by atoms with Gasteiger partial charge in [-0.15, -0.1) is 0 Å². The van der Waals surface area contributed by atoms with Crippen molar-refractivity contribution in [1.29, 1.82) is 10.7 Å². The highest BCUT2D eigenvalue weighted by atomic mass is 32.1. The zero-order valence-corrected chi connectivity index (χ0v) is 15.2. The maximum atomic E-state index is 9.32. The average molecular weight is 363 g/mol. The molecule has 0 unspecified atom stereocenters. The second-order valence-corrected chi connectivity index (χ2v) is 6.64. The van der Waals surface area contributed by atoms with E-state index < -0.39 is 0 Å². The second-order valence-electron chi connectivity index (χ2n) is 5.45. The molecule has 130 valence electrons. The van der Waals surface area contributed by atoms with Gasteiger partial charge in [0.1, 0.15) is 17.3 Å². The first-order valence-electron chi connectivity index (χ1n) is 7.84. The van der Waals surface area contributed by atoms with E-state index in [-0.39, 0.29) is 0 Å². The molecule has 0 spiro atoms. The molecule has 6 nitrogen and oxygen atoms in total. The molecule has 0 radical (unpaired) electrons. The van der Waals surface area contributed by atoms with Gasteiger partial charge in [0.25, 0.3) is 0 Å². The van der Waals surface area contributed by atoms with Gasteiger partial charge in [0.2, 0.25) is 5.96 Å². The lowest BCUT2D eigenvalue weighted by atomic mass is 10.2. The molecule has 0 aliphatic rings. The van der Waals surface area contributed by atoms with Crippen molar-refractivity contribution in [1.82, 2.24) is 3.96 Å². The SMILES string of the molecule is COc1cccc(NC(=Nc2ccccc2C#N)n2sc(C)cc2=N)c1. The summed E-state index contributed by atoms with van der Waals surface area (Å²) >= 11 is 1.41. The predicted molar refractivity (Wildman–Crippen MR) is 103 cm³/mol. The van der Waals surface area contributed by atoms with Gasteiger partial charge in [-0.05, 0) is 37.3 Å². The standard InChI is InChI=1S/C19H17N5OS/c1-13-10-18(21)24(26-13)19(22-15-7-5-8-16(11-15)25-2)23-17-9-4-3-6-14(17)12-20/h3-11,21H,1-2H3,(H,22,23). The topological polar surface area (TPSA) is 86.2 Å².